The first-order chi connectivity index (χ1) is 14.2. The van der Waals surface area contributed by atoms with E-state index in [0.29, 0.717) is 17.6 Å². The Labute approximate surface area is 199 Å². The number of nitrogens with one attached hydrogen (secondary N) is 1. The van der Waals surface area contributed by atoms with Crippen LogP contribution in [0.2, 0.25) is 0 Å². The quantitative estimate of drug-likeness (QED) is 0.341. The summed E-state index contributed by atoms with van der Waals surface area (Å²) in [5.74, 6) is 1.04. The molecule has 1 unspecified atom stereocenters. The number of rotatable bonds is 6. The summed E-state index contributed by atoms with van der Waals surface area (Å²) < 4.78 is 12.0. The molecule has 1 atom stereocenters. The molecule has 1 aromatic rings. The molecule has 1 saturated carbocycles. The van der Waals surface area contributed by atoms with Crippen LogP contribution in [0.1, 0.15) is 56.1 Å². The summed E-state index contributed by atoms with van der Waals surface area (Å²) in [6.07, 6.45) is 8.96. The molecular weight excluding hydrogens is 489 g/mol. The number of hydrogen-bond donors (Lipinski definition) is 1. The number of aryl methyl sites for hydroxylation is 1. The van der Waals surface area contributed by atoms with Gasteiger partial charge in [0.1, 0.15) is 0 Å². The van der Waals surface area contributed by atoms with Crippen LogP contribution in [0.3, 0.4) is 0 Å². The van der Waals surface area contributed by atoms with E-state index in [2.05, 4.69) is 46.4 Å². The molecule has 1 N–H and O–H groups in total. The second-order valence-corrected chi connectivity index (χ2v) is 9.00. The van der Waals surface area contributed by atoms with E-state index >= 15 is 0 Å². The lowest BCUT2D eigenvalue weighted by Gasteiger charge is -2.35. The van der Waals surface area contributed by atoms with Crippen LogP contribution in [0.4, 0.5) is 0 Å². The molecule has 5 nitrogen and oxygen atoms in total. The molecule has 0 spiro atoms. The van der Waals surface area contributed by atoms with Crippen molar-refractivity contribution in [2.45, 2.75) is 69.5 Å². The standard InChI is InChI=1S/C24H37N3O2.HI/c1-19-7-3-4-9-22(19)24(12-13-24)18-26-23(25-2)27-14-10-20(11-15-27)29-17-21-8-5-6-16-28-21;/h3-4,7,9,20-21H,5-6,8,10-18H2,1-2H3,(H,25,26);1H. The third kappa shape index (κ3) is 5.88. The molecule has 0 radical (unpaired) electrons. The molecule has 168 valence electrons. The lowest BCUT2D eigenvalue weighted by molar-refractivity contribution is -0.0721. The Morgan fingerprint density at radius 1 is 1.20 bits per heavy atom. The van der Waals surface area contributed by atoms with Crippen LogP contribution in [0.25, 0.3) is 0 Å². The topological polar surface area (TPSA) is 46.1 Å². The van der Waals surface area contributed by atoms with E-state index in [1.165, 1.54) is 36.8 Å². The van der Waals surface area contributed by atoms with Crippen molar-refractivity contribution in [3.05, 3.63) is 35.4 Å². The SMILES string of the molecule is CN=C(NCC1(c2ccccc2C)CC1)N1CCC(OCC2CCCCO2)CC1.I. The number of ether oxygens (including phenoxy) is 2. The maximum atomic E-state index is 6.17. The van der Waals surface area contributed by atoms with E-state index in [-0.39, 0.29) is 24.0 Å². The number of aliphatic imine (C=N–C) groups is 1. The van der Waals surface area contributed by atoms with Gasteiger partial charge in [0.05, 0.1) is 18.8 Å². The summed E-state index contributed by atoms with van der Waals surface area (Å²) in [4.78, 5) is 6.97. The first-order valence-electron chi connectivity index (χ1n) is 11.5. The molecule has 6 heteroatoms. The Kier molecular flexibility index (Phi) is 8.83. The Morgan fingerprint density at radius 2 is 1.97 bits per heavy atom. The summed E-state index contributed by atoms with van der Waals surface area (Å²) in [7, 11) is 1.90. The van der Waals surface area contributed by atoms with Gasteiger partial charge >= 0.3 is 0 Å². The zero-order chi connectivity index (χ0) is 20.1. The highest BCUT2D eigenvalue weighted by atomic mass is 127. The molecule has 3 aliphatic rings. The minimum Gasteiger partial charge on any atom is -0.376 e. The van der Waals surface area contributed by atoms with Gasteiger partial charge < -0.3 is 19.7 Å². The predicted molar refractivity (Wildman–Crippen MR) is 133 cm³/mol. The highest BCUT2D eigenvalue weighted by Gasteiger charge is 2.45. The van der Waals surface area contributed by atoms with Gasteiger partial charge in [0.15, 0.2) is 5.96 Å². The summed E-state index contributed by atoms with van der Waals surface area (Å²) >= 11 is 0. The molecule has 1 aromatic carbocycles. The van der Waals surface area contributed by atoms with Gasteiger partial charge in [-0.2, -0.15) is 0 Å². The van der Waals surface area contributed by atoms with Gasteiger partial charge in [-0.25, -0.2) is 0 Å². The number of piperidine rings is 1. The Bertz CT molecular complexity index is 693. The van der Waals surface area contributed by atoms with Crippen LogP contribution >= 0.6 is 24.0 Å². The molecule has 3 fully saturated rings. The molecular formula is C24H38IN3O2. The fourth-order valence-electron chi connectivity index (χ4n) is 4.86. The molecule has 2 heterocycles. The van der Waals surface area contributed by atoms with Gasteiger partial charge in [-0.3, -0.25) is 4.99 Å². The van der Waals surface area contributed by atoms with Gasteiger partial charge in [0.2, 0.25) is 0 Å². The summed E-state index contributed by atoms with van der Waals surface area (Å²) in [6.45, 7) is 6.88. The monoisotopic (exact) mass is 527 g/mol. The van der Waals surface area contributed by atoms with Crippen LogP contribution < -0.4 is 5.32 Å². The van der Waals surface area contributed by atoms with Crippen molar-refractivity contribution < 1.29 is 9.47 Å². The largest absolute Gasteiger partial charge is 0.376 e. The number of hydrogen-bond acceptors (Lipinski definition) is 3. The molecule has 0 aromatic heterocycles. The van der Waals surface area contributed by atoms with Crippen LogP contribution in [0.15, 0.2) is 29.3 Å². The van der Waals surface area contributed by atoms with Crippen molar-refractivity contribution in [3.8, 4) is 0 Å². The number of likely N-dealkylation sites (tertiary alicyclic amines) is 1. The van der Waals surface area contributed by atoms with Crippen molar-refractivity contribution in [1.29, 1.82) is 0 Å². The molecule has 2 saturated heterocycles. The van der Waals surface area contributed by atoms with Gasteiger partial charge in [-0.05, 0) is 63.0 Å². The number of guanidine groups is 1. The molecule has 2 aliphatic heterocycles. The second kappa shape index (κ2) is 11.1. The fourth-order valence-corrected chi connectivity index (χ4v) is 4.86. The van der Waals surface area contributed by atoms with Crippen molar-refractivity contribution >= 4 is 29.9 Å². The molecule has 4 rings (SSSR count). The highest BCUT2D eigenvalue weighted by molar-refractivity contribution is 14.0. The van der Waals surface area contributed by atoms with Crippen LogP contribution in [0.5, 0.6) is 0 Å². The van der Waals surface area contributed by atoms with Crippen molar-refractivity contribution in [3.63, 3.8) is 0 Å². The van der Waals surface area contributed by atoms with Gasteiger partial charge in [-0.15, -0.1) is 24.0 Å². The average Bonchev–Trinajstić information content (AvgIpc) is 3.55. The summed E-state index contributed by atoms with van der Waals surface area (Å²) in [5.41, 5.74) is 3.20. The van der Waals surface area contributed by atoms with E-state index in [9.17, 15) is 0 Å². The van der Waals surface area contributed by atoms with Gasteiger partial charge in [0, 0.05) is 38.7 Å². The van der Waals surface area contributed by atoms with E-state index < -0.39 is 0 Å². The number of nitrogens with zero attached hydrogens (tertiary/aromatic N) is 2. The lowest BCUT2D eigenvalue weighted by Crippen LogP contribution is -2.48. The summed E-state index contributed by atoms with van der Waals surface area (Å²) in [6, 6.07) is 8.83. The van der Waals surface area contributed by atoms with Crippen LogP contribution in [0, 0.1) is 6.92 Å². The smallest absolute Gasteiger partial charge is 0.193 e. The zero-order valence-corrected chi connectivity index (χ0v) is 20.9. The van der Waals surface area contributed by atoms with Crippen molar-refractivity contribution in [2.75, 3.05) is 39.9 Å². The maximum Gasteiger partial charge on any atom is 0.193 e. The molecule has 0 bridgehead atoms. The van der Waals surface area contributed by atoms with E-state index in [4.69, 9.17) is 9.47 Å². The first-order valence-corrected chi connectivity index (χ1v) is 11.5. The molecule has 0 amide bonds. The lowest BCUT2D eigenvalue weighted by atomic mass is 9.92. The van der Waals surface area contributed by atoms with Crippen molar-refractivity contribution in [1.82, 2.24) is 10.2 Å². The van der Waals surface area contributed by atoms with Crippen LogP contribution in [-0.2, 0) is 14.9 Å². The van der Waals surface area contributed by atoms with Gasteiger partial charge in [-0.1, -0.05) is 24.3 Å². The van der Waals surface area contributed by atoms with E-state index in [0.717, 1.165) is 58.1 Å². The van der Waals surface area contributed by atoms with Crippen LogP contribution in [-0.4, -0.2) is 63.0 Å². The maximum absolute atomic E-state index is 6.17. The van der Waals surface area contributed by atoms with Gasteiger partial charge in [0.25, 0.3) is 0 Å². The van der Waals surface area contributed by atoms with E-state index in [1.54, 1.807) is 0 Å². The number of halogens is 1. The minimum absolute atomic E-state index is 0. The number of benzene rings is 1. The Morgan fingerprint density at radius 3 is 2.60 bits per heavy atom. The summed E-state index contributed by atoms with van der Waals surface area (Å²) in [5, 5.41) is 3.68. The molecule has 30 heavy (non-hydrogen) atoms. The zero-order valence-electron chi connectivity index (χ0n) is 18.6. The third-order valence-corrected chi connectivity index (χ3v) is 6.90. The fraction of sp³-hybridized carbons (Fsp3) is 0.708. The second-order valence-electron chi connectivity index (χ2n) is 9.00. The normalized spacial score (nSPS) is 24.3. The van der Waals surface area contributed by atoms with E-state index in [1.807, 2.05) is 7.05 Å². The highest BCUT2D eigenvalue weighted by Crippen LogP contribution is 2.48. The third-order valence-electron chi connectivity index (χ3n) is 6.90. The average molecular weight is 527 g/mol. The minimum atomic E-state index is 0. The Hall–Kier alpha value is -0.860. The predicted octanol–water partition coefficient (Wildman–Crippen LogP) is 4.27. The molecule has 1 aliphatic carbocycles. The first kappa shape index (κ1) is 23.8. The Balaban J connectivity index is 0.00000256. The van der Waals surface area contributed by atoms with Crippen molar-refractivity contribution in [2.24, 2.45) is 4.99 Å².